The molecule has 0 bridgehead atoms. The monoisotopic (exact) mass is 460 g/mol. The molecule has 2 fully saturated rings. The fourth-order valence-electron chi connectivity index (χ4n) is 3.66. The van der Waals surface area contributed by atoms with Crippen LogP contribution in [0.3, 0.4) is 0 Å². The number of carbonyl (C=O) groups excluding carboxylic acids is 1. The second kappa shape index (κ2) is 8.99. The molecule has 0 radical (unpaired) electrons. The summed E-state index contributed by atoms with van der Waals surface area (Å²) >= 11 is 0. The van der Waals surface area contributed by atoms with E-state index < -0.39 is 0 Å². The molecule has 1 aromatic heterocycles. The molecule has 5 rings (SSSR count). The molecule has 0 unspecified atom stereocenters. The van der Waals surface area contributed by atoms with E-state index in [9.17, 15) is 9.90 Å². The second-order valence-corrected chi connectivity index (χ2v) is 8.24. The maximum Gasteiger partial charge on any atom is 0.253 e. The van der Waals surface area contributed by atoms with Crippen LogP contribution in [0.5, 0.6) is 5.75 Å². The first kappa shape index (κ1) is 21.7. The van der Waals surface area contributed by atoms with Gasteiger partial charge in [-0.25, -0.2) is 5.43 Å². The highest BCUT2D eigenvalue weighted by Crippen LogP contribution is 2.29. The van der Waals surface area contributed by atoms with Crippen LogP contribution in [0.15, 0.2) is 58.8 Å². The molecule has 174 valence electrons. The van der Waals surface area contributed by atoms with Gasteiger partial charge in [0.25, 0.3) is 11.8 Å². The quantitative estimate of drug-likeness (QED) is 0.395. The van der Waals surface area contributed by atoms with Crippen molar-refractivity contribution in [1.82, 2.24) is 20.9 Å². The molecule has 1 saturated carbocycles. The zero-order chi connectivity index (χ0) is 23.7. The number of anilines is 1. The highest BCUT2D eigenvalue weighted by atomic mass is 16.5. The summed E-state index contributed by atoms with van der Waals surface area (Å²) in [5.41, 5.74) is 6.21. The number of amidine groups is 1. The molecular weight excluding hydrogens is 436 g/mol. The van der Waals surface area contributed by atoms with E-state index in [4.69, 9.17) is 14.6 Å². The van der Waals surface area contributed by atoms with Crippen molar-refractivity contribution in [3.8, 4) is 5.75 Å². The SMILES string of the molecule is Cc1ccc(C(=O)NC2CC2)cc1N1NCC(=C(O)c2cccc(OCc3nnco3)c2)C1=N. The standard InChI is InChI=1S/C24H24N6O4/c1-14-5-6-16(24(32)28-17-7-8-17)10-20(14)30-23(25)19(11-27-30)22(31)15-3-2-4-18(9-15)33-12-21-29-26-13-34-21/h2-6,9-10,13,17,25,27,31H,7-8,11-12H2,1H3,(H,28,32). The zero-order valence-electron chi connectivity index (χ0n) is 18.5. The average Bonchev–Trinajstić information content (AvgIpc) is 3.34. The van der Waals surface area contributed by atoms with Crippen LogP contribution in [0.4, 0.5) is 5.69 Å². The molecule has 2 aliphatic rings. The van der Waals surface area contributed by atoms with Gasteiger partial charge in [0, 0.05) is 23.7 Å². The molecule has 1 amide bonds. The molecule has 4 N–H and O–H groups in total. The predicted octanol–water partition coefficient (Wildman–Crippen LogP) is 3.12. The van der Waals surface area contributed by atoms with Crippen LogP contribution >= 0.6 is 0 Å². The van der Waals surface area contributed by atoms with Crippen LogP contribution in [-0.2, 0) is 6.61 Å². The van der Waals surface area contributed by atoms with E-state index in [-0.39, 0.29) is 36.7 Å². The van der Waals surface area contributed by atoms with Gasteiger partial charge in [-0.05, 0) is 49.6 Å². The summed E-state index contributed by atoms with van der Waals surface area (Å²) in [4.78, 5) is 12.5. The Hall–Kier alpha value is -4.18. The average molecular weight is 460 g/mol. The first-order valence-electron chi connectivity index (χ1n) is 10.9. The number of carbonyl (C=O) groups is 1. The smallest absolute Gasteiger partial charge is 0.253 e. The van der Waals surface area contributed by atoms with Gasteiger partial charge in [-0.3, -0.25) is 15.2 Å². The number of ether oxygens (including phenoxy) is 1. The lowest BCUT2D eigenvalue weighted by molar-refractivity contribution is 0.0951. The summed E-state index contributed by atoms with van der Waals surface area (Å²) in [5.74, 6) is 0.822. The van der Waals surface area contributed by atoms with E-state index in [1.54, 1.807) is 41.4 Å². The lowest BCUT2D eigenvalue weighted by Crippen LogP contribution is -2.35. The number of hydrogen-bond donors (Lipinski definition) is 4. The number of nitrogens with zero attached hydrogens (tertiary/aromatic N) is 3. The highest BCUT2D eigenvalue weighted by molar-refractivity contribution is 6.13. The van der Waals surface area contributed by atoms with Crippen LogP contribution in [0, 0.1) is 12.3 Å². The molecule has 34 heavy (non-hydrogen) atoms. The number of aromatic nitrogens is 2. The van der Waals surface area contributed by atoms with E-state index in [0.717, 1.165) is 18.4 Å². The topological polar surface area (TPSA) is 137 Å². The first-order valence-corrected chi connectivity index (χ1v) is 10.9. The van der Waals surface area contributed by atoms with Crippen molar-refractivity contribution in [1.29, 1.82) is 5.41 Å². The Morgan fingerprint density at radius 3 is 2.91 bits per heavy atom. The highest BCUT2D eigenvalue weighted by Gasteiger charge is 2.29. The van der Waals surface area contributed by atoms with E-state index in [2.05, 4.69) is 20.9 Å². The van der Waals surface area contributed by atoms with Crippen LogP contribution in [0.25, 0.3) is 5.76 Å². The minimum absolute atomic E-state index is 0.0245. The molecule has 2 aromatic carbocycles. The van der Waals surface area contributed by atoms with Crippen molar-refractivity contribution < 1.29 is 19.1 Å². The van der Waals surface area contributed by atoms with Crippen LogP contribution in [0.2, 0.25) is 0 Å². The Labute approximate surface area is 195 Å². The third-order valence-corrected chi connectivity index (χ3v) is 5.71. The molecule has 0 atom stereocenters. The third kappa shape index (κ3) is 4.48. The maximum atomic E-state index is 12.5. The summed E-state index contributed by atoms with van der Waals surface area (Å²) < 4.78 is 10.7. The minimum atomic E-state index is -0.120. The maximum absolute atomic E-state index is 12.5. The van der Waals surface area contributed by atoms with E-state index in [0.29, 0.717) is 34.0 Å². The van der Waals surface area contributed by atoms with Crippen LogP contribution in [0.1, 0.15) is 40.2 Å². The van der Waals surface area contributed by atoms with Crippen molar-refractivity contribution in [3.05, 3.63) is 77.0 Å². The molecule has 1 aliphatic heterocycles. The number of amides is 1. The van der Waals surface area contributed by atoms with Crippen molar-refractivity contribution >= 4 is 23.2 Å². The molecule has 2 heterocycles. The molecule has 3 aromatic rings. The molecule has 1 saturated heterocycles. The number of hydrogen-bond acceptors (Lipinski definition) is 8. The summed E-state index contributed by atoms with van der Waals surface area (Å²) in [5, 5.41) is 31.6. The summed E-state index contributed by atoms with van der Waals surface area (Å²) in [7, 11) is 0. The van der Waals surface area contributed by atoms with Crippen LogP contribution in [-0.4, -0.2) is 39.6 Å². The number of aliphatic hydroxyl groups is 1. The molecule has 10 heteroatoms. The third-order valence-electron chi connectivity index (χ3n) is 5.71. The van der Waals surface area contributed by atoms with Gasteiger partial charge in [0.15, 0.2) is 6.61 Å². The minimum Gasteiger partial charge on any atom is -0.507 e. The van der Waals surface area contributed by atoms with Crippen molar-refractivity contribution in [2.75, 3.05) is 11.6 Å². The van der Waals surface area contributed by atoms with Gasteiger partial charge in [-0.15, -0.1) is 10.2 Å². The lowest BCUT2D eigenvalue weighted by Gasteiger charge is -2.21. The fourth-order valence-corrected chi connectivity index (χ4v) is 3.66. The number of rotatable bonds is 7. The van der Waals surface area contributed by atoms with Gasteiger partial charge in [-0.2, -0.15) is 0 Å². The number of nitrogens with one attached hydrogen (secondary N) is 3. The second-order valence-electron chi connectivity index (χ2n) is 8.24. The first-order chi connectivity index (χ1) is 16.5. The van der Waals surface area contributed by atoms with Crippen LogP contribution < -0.4 is 20.5 Å². The number of aryl methyl sites for hydroxylation is 1. The zero-order valence-corrected chi connectivity index (χ0v) is 18.5. The van der Waals surface area contributed by atoms with Gasteiger partial charge in [0.2, 0.25) is 6.39 Å². The molecule has 0 spiro atoms. The molecule has 1 aliphatic carbocycles. The Kier molecular flexibility index (Phi) is 5.72. The Morgan fingerprint density at radius 2 is 2.15 bits per heavy atom. The van der Waals surface area contributed by atoms with E-state index >= 15 is 0 Å². The Balaban J connectivity index is 1.35. The fraction of sp³-hybridized carbons (Fsp3) is 0.250. The predicted molar refractivity (Wildman–Crippen MR) is 124 cm³/mol. The van der Waals surface area contributed by atoms with Crippen molar-refractivity contribution in [2.24, 2.45) is 0 Å². The van der Waals surface area contributed by atoms with E-state index in [1.807, 2.05) is 13.0 Å². The largest absolute Gasteiger partial charge is 0.507 e. The molecule has 10 nitrogen and oxygen atoms in total. The van der Waals surface area contributed by atoms with E-state index in [1.165, 1.54) is 6.39 Å². The number of hydrazine groups is 1. The number of benzene rings is 2. The van der Waals surface area contributed by atoms with Gasteiger partial charge in [0.1, 0.15) is 17.3 Å². The molecular formula is C24H24N6O4. The summed E-state index contributed by atoms with van der Waals surface area (Å²) in [6.07, 6.45) is 3.26. The lowest BCUT2D eigenvalue weighted by atomic mass is 10.1. The number of aliphatic hydroxyl groups excluding tert-OH is 1. The summed E-state index contributed by atoms with van der Waals surface area (Å²) in [6.45, 7) is 2.28. The van der Waals surface area contributed by atoms with Gasteiger partial charge in [-0.1, -0.05) is 18.2 Å². The summed E-state index contributed by atoms with van der Waals surface area (Å²) in [6, 6.07) is 12.6. The van der Waals surface area contributed by atoms with Gasteiger partial charge < -0.3 is 19.6 Å². The van der Waals surface area contributed by atoms with Gasteiger partial charge >= 0.3 is 0 Å². The van der Waals surface area contributed by atoms with Crippen molar-refractivity contribution in [2.45, 2.75) is 32.4 Å². The Morgan fingerprint density at radius 1 is 1.29 bits per heavy atom. The normalized spacial score (nSPS) is 17.1. The van der Waals surface area contributed by atoms with Gasteiger partial charge in [0.05, 0.1) is 11.3 Å². The Bertz CT molecular complexity index is 1270. The van der Waals surface area contributed by atoms with Crippen molar-refractivity contribution in [3.63, 3.8) is 0 Å².